The molecule has 2 rings (SSSR count). The normalized spacial score (nSPS) is 12.3. The van der Waals surface area contributed by atoms with Crippen molar-refractivity contribution in [3.63, 3.8) is 0 Å². The molecule has 0 aliphatic carbocycles. The molecule has 1 atom stereocenters. The highest BCUT2D eigenvalue weighted by Crippen LogP contribution is 2.27. The van der Waals surface area contributed by atoms with Gasteiger partial charge in [-0.2, -0.15) is 0 Å². The first-order chi connectivity index (χ1) is 10.4. The summed E-state index contributed by atoms with van der Waals surface area (Å²) in [5.41, 5.74) is 1.12. The van der Waals surface area contributed by atoms with E-state index in [2.05, 4.69) is 31.4 Å². The Labute approximate surface area is 142 Å². The number of carbonyl (C=O) groups excluding carboxylic acids is 1. The molecule has 2 aromatic rings. The monoisotopic (exact) mass is 383 g/mol. The molecule has 1 amide bonds. The van der Waals surface area contributed by atoms with Gasteiger partial charge in [-0.1, -0.05) is 31.3 Å². The second kappa shape index (κ2) is 7.19. The maximum absolute atomic E-state index is 12.2. The van der Waals surface area contributed by atoms with Crippen LogP contribution in [0.1, 0.15) is 37.3 Å². The van der Waals surface area contributed by atoms with Gasteiger partial charge in [0.05, 0.1) is 4.47 Å². The number of halogens is 1. The lowest BCUT2D eigenvalue weighted by Gasteiger charge is -2.15. The van der Waals surface area contributed by atoms with Crippen molar-refractivity contribution in [2.75, 3.05) is 5.32 Å². The summed E-state index contributed by atoms with van der Waals surface area (Å²) in [7, 11) is 0. The van der Waals surface area contributed by atoms with E-state index in [1.807, 2.05) is 39.0 Å². The zero-order chi connectivity index (χ0) is 16.3. The van der Waals surface area contributed by atoms with Gasteiger partial charge in [-0.3, -0.25) is 10.1 Å². The Morgan fingerprint density at radius 3 is 2.64 bits per heavy atom. The second-order valence-electron chi connectivity index (χ2n) is 5.28. The van der Waals surface area contributed by atoms with Gasteiger partial charge in [-0.25, -0.2) is 0 Å². The molecular weight excluding hydrogens is 366 g/mol. The lowest BCUT2D eigenvalue weighted by atomic mass is 10.2. The standard InChI is InChI=1S/C15H18BrN3O2S/c1-8(2)14-18-19-15(22-14)17-13(20)10(4)21-12-6-5-9(3)7-11(12)16/h5-8,10H,1-4H3,(H,17,19,20). The summed E-state index contributed by atoms with van der Waals surface area (Å²) in [5.74, 6) is 0.674. The second-order valence-corrected chi connectivity index (χ2v) is 7.15. The summed E-state index contributed by atoms with van der Waals surface area (Å²) >= 11 is 4.81. The van der Waals surface area contributed by atoms with Crippen LogP contribution >= 0.6 is 27.3 Å². The first-order valence-electron chi connectivity index (χ1n) is 6.94. The van der Waals surface area contributed by atoms with Crippen LogP contribution in [-0.2, 0) is 4.79 Å². The zero-order valence-corrected chi connectivity index (χ0v) is 15.3. The van der Waals surface area contributed by atoms with Crippen molar-refractivity contribution >= 4 is 38.3 Å². The van der Waals surface area contributed by atoms with Gasteiger partial charge >= 0.3 is 0 Å². The van der Waals surface area contributed by atoms with Crippen LogP contribution in [-0.4, -0.2) is 22.2 Å². The number of nitrogens with one attached hydrogen (secondary N) is 1. The molecule has 1 N–H and O–H groups in total. The summed E-state index contributed by atoms with van der Waals surface area (Å²) in [4.78, 5) is 12.2. The Bertz CT molecular complexity index is 673. The Balaban J connectivity index is 1.99. The SMILES string of the molecule is Cc1ccc(OC(C)C(=O)Nc2nnc(C(C)C)s2)c(Br)c1. The van der Waals surface area contributed by atoms with Gasteiger partial charge in [0.25, 0.3) is 5.91 Å². The Morgan fingerprint density at radius 2 is 2.05 bits per heavy atom. The van der Waals surface area contributed by atoms with Crippen molar-refractivity contribution in [2.45, 2.75) is 39.7 Å². The molecule has 1 aromatic carbocycles. The Kier molecular flexibility index (Phi) is 5.52. The van der Waals surface area contributed by atoms with Crippen molar-refractivity contribution in [3.05, 3.63) is 33.2 Å². The molecule has 1 heterocycles. The number of ether oxygens (including phenoxy) is 1. The highest BCUT2D eigenvalue weighted by atomic mass is 79.9. The third-order valence-corrected chi connectivity index (χ3v) is 4.68. The van der Waals surface area contributed by atoms with Crippen LogP contribution in [0.4, 0.5) is 5.13 Å². The van der Waals surface area contributed by atoms with Crippen molar-refractivity contribution in [2.24, 2.45) is 0 Å². The predicted octanol–water partition coefficient (Wildman–Crippen LogP) is 4.14. The molecule has 0 saturated heterocycles. The third-order valence-electron chi connectivity index (χ3n) is 2.93. The number of benzene rings is 1. The molecule has 1 aromatic heterocycles. The van der Waals surface area contributed by atoms with Crippen LogP contribution in [0.15, 0.2) is 22.7 Å². The topological polar surface area (TPSA) is 64.1 Å². The van der Waals surface area contributed by atoms with E-state index in [9.17, 15) is 4.79 Å². The number of aryl methyl sites for hydroxylation is 1. The van der Waals surface area contributed by atoms with E-state index >= 15 is 0 Å². The summed E-state index contributed by atoms with van der Waals surface area (Å²) in [6.45, 7) is 7.76. The van der Waals surface area contributed by atoms with Crippen LogP contribution in [0.25, 0.3) is 0 Å². The number of nitrogens with zero attached hydrogens (tertiary/aromatic N) is 2. The lowest BCUT2D eigenvalue weighted by molar-refractivity contribution is -0.122. The average molecular weight is 384 g/mol. The van der Waals surface area contributed by atoms with Gasteiger partial charge in [0.15, 0.2) is 6.10 Å². The molecular formula is C15H18BrN3O2S. The molecule has 118 valence electrons. The predicted molar refractivity (Wildman–Crippen MR) is 91.6 cm³/mol. The van der Waals surface area contributed by atoms with E-state index in [0.717, 1.165) is 15.0 Å². The quantitative estimate of drug-likeness (QED) is 0.842. The molecule has 0 aliphatic heterocycles. The van der Waals surface area contributed by atoms with Gasteiger partial charge in [-0.15, -0.1) is 10.2 Å². The molecule has 7 heteroatoms. The fraction of sp³-hybridized carbons (Fsp3) is 0.400. The van der Waals surface area contributed by atoms with Gasteiger partial charge in [0.1, 0.15) is 10.8 Å². The van der Waals surface area contributed by atoms with Crippen LogP contribution in [0, 0.1) is 6.92 Å². The summed E-state index contributed by atoms with van der Waals surface area (Å²) in [6.07, 6.45) is -0.634. The van der Waals surface area contributed by atoms with Crippen molar-refractivity contribution in [1.82, 2.24) is 10.2 Å². The first-order valence-corrected chi connectivity index (χ1v) is 8.55. The van der Waals surface area contributed by atoms with Crippen LogP contribution in [0.2, 0.25) is 0 Å². The summed E-state index contributed by atoms with van der Waals surface area (Å²) in [6, 6.07) is 5.72. The van der Waals surface area contributed by atoms with Crippen molar-refractivity contribution < 1.29 is 9.53 Å². The minimum absolute atomic E-state index is 0.251. The van der Waals surface area contributed by atoms with Gasteiger partial charge in [0.2, 0.25) is 5.13 Å². The van der Waals surface area contributed by atoms with Crippen molar-refractivity contribution in [1.29, 1.82) is 0 Å². The van der Waals surface area contributed by atoms with Crippen LogP contribution in [0.3, 0.4) is 0 Å². The third kappa shape index (κ3) is 4.27. The molecule has 1 unspecified atom stereocenters. The molecule has 22 heavy (non-hydrogen) atoms. The molecule has 0 bridgehead atoms. The average Bonchev–Trinajstić information content (AvgIpc) is 2.90. The van der Waals surface area contributed by atoms with Gasteiger partial charge in [0, 0.05) is 5.92 Å². The minimum atomic E-state index is -0.634. The molecule has 0 spiro atoms. The first kappa shape index (κ1) is 16.9. The molecule has 0 saturated carbocycles. The van der Waals surface area contributed by atoms with E-state index in [0.29, 0.717) is 16.8 Å². The largest absolute Gasteiger partial charge is 0.480 e. The molecule has 5 nitrogen and oxygen atoms in total. The fourth-order valence-corrected chi connectivity index (χ4v) is 3.01. The highest BCUT2D eigenvalue weighted by molar-refractivity contribution is 9.10. The number of anilines is 1. The highest BCUT2D eigenvalue weighted by Gasteiger charge is 2.18. The summed E-state index contributed by atoms with van der Waals surface area (Å²) in [5, 5.41) is 12.1. The van der Waals surface area contributed by atoms with Crippen LogP contribution in [0.5, 0.6) is 5.75 Å². The zero-order valence-electron chi connectivity index (χ0n) is 12.9. The van der Waals surface area contributed by atoms with E-state index < -0.39 is 6.10 Å². The van der Waals surface area contributed by atoms with E-state index in [1.54, 1.807) is 6.92 Å². The number of rotatable bonds is 5. The number of hydrogen-bond acceptors (Lipinski definition) is 5. The maximum atomic E-state index is 12.2. The number of aromatic nitrogens is 2. The minimum Gasteiger partial charge on any atom is -0.480 e. The van der Waals surface area contributed by atoms with Gasteiger partial charge in [-0.05, 0) is 47.5 Å². The molecule has 0 radical (unpaired) electrons. The van der Waals surface area contributed by atoms with E-state index in [1.165, 1.54) is 11.3 Å². The summed E-state index contributed by atoms with van der Waals surface area (Å²) < 4.78 is 6.51. The van der Waals surface area contributed by atoms with E-state index in [4.69, 9.17) is 4.74 Å². The van der Waals surface area contributed by atoms with Crippen LogP contribution < -0.4 is 10.1 Å². The molecule has 0 aliphatic rings. The lowest BCUT2D eigenvalue weighted by Crippen LogP contribution is -2.30. The smallest absolute Gasteiger partial charge is 0.266 e. The van der Waals surface area contributed by atoms with E-state index in [-0.39, 0.29) is 5.91 Å². The Hall–Kier alpha value is -1.47. The number of amides is 1. The van der Waals surface area contributed by atoms with Gasteiger partial charge < -0.3 is 4.74 Å². The van der Waals surface area contributed by atoms with Crippen molar-refractivity contribution in [3.8, 4) is 5.75 Å². The maximum Gasteiger partial charge on any atom is 0.266 e. The number of hydrogen-bond donors (Lipinski definition) is 1. The number of carbonyl (C=O) groups is 1. The Morgan fingerprint density at radius 1 is 1.32 bits per heavy atom. The fourth-order valence-electron chi connectivity index (χ4n) is 1.67. The molecule has 0 fully saturated rings.